The molecule has 0 amide bonds. The SMILES string of the molecule is C/C(=N\N(C)CC(F)(F)F)c1ccc(C=O)s1. The average Bonchev–Trinajstić information content (AvgIpc) is 2.62. The van der Waals surface area contributed by atoms with Crippen molar-refractivity contribution in [2.45, 2.75) is 13.1 Å². The Morgan fingerprint density at radius 3 is 2.65 bits per heavy atom. The summed E-state index contributed by atoms with van der Waals surface area (Å²) >= 11 is 1.19. The van der Waals surface area contributed by atoms with Gasteiger partial charge in [-0.3, -0.25) is 9.80 Å². The van der Waals surface area contributed by atoms with E-state index in [4.69, 9.17) is 0 Å². The summed E-state index contributed by atoms with van der Waals surface area (Å²) in [6, 6.07) is 3.27. The average molecular weight is 264 g/mol. The van der Waals surface area contributed by atoms with Gasteiger partial charge in [-0.25, -0.2) is 0 Å². The second kappa shape index (κ2) is 5.31. The molecular weight excluding hydrogens is 253 g/mol. The molecule has 7 heteroatoms. The van der Waals surface area contributed by atoms with Crippen molar-refractivity contribution in [1.29, 1.82) is 0 Å². The molecule has 0 aliphatic heterocycles. The minimum Gasteiger partial charge on any atom is -0.297 e. The molecule has 0 atom stereocenters. The summed E-state index contributed by atoms with van der Waals surface area (Å²) in [5.41, 5.74) is 0.454. The number of alkyl halides is 3. The summed E-state index contributed by atoms with van der Waals surface area (Å²) in [6.45, 7) is 0.504. The van der Waals surface area contributed by atoms with Crippen LogP contribution in [0.3, 0.4) is 0 Å². The van der Waals surface area contributed by atoms with Crippen LogP contribution >= 0.6 is 11.3 Å². The summed E-state index contributed by atoms with van der Waals surface area (Å²) in [5.74, 6) is 0. The third kappa shape index (κ3) is 4.56. The molecule has 0 fully saturated rings. The van der Waals surface area contributed by atoms with E-state index in [2.05, 4.69) is 5.10 Å². The maximum Gasteiger partial charge on any atom is 0.407 e. The van der Waals surface area contributed by atoms with Crippen LogP contribution in [-0.2, 0) is 0 Å². The van der Waals surface area contributed by atoms with E-state index in [1.54, 1.807) is 19.1 Å². The van der Waals surface area contributed by atoms with Crippen molar-refractivity contribution in [3.8, 4) is 0 Å². The van der Waals surface area contributed by atoms with Gasteiger partial charge in [-0.05, 0) is 19.1 Å². The highest BCUT2D eigenvalue weighted by molar-refractivity contribution is 7.15. The van der Waals surface area contributed by atoms with Gasteiger partial charge in [0.15, 0.2) is 6.29 Å². The highest BCUT2D eigenvalue weighted by atomic mass is 32.1. The van der Waals surface area contributed by atoms with Crippen molar-refractivity contribution in [3.63, 3.8) is 0 Å². The molecule has 0 aromatic carbocycles. The van der Waals surface area contributed by atoms with Crippen molar-refractivity contribution in [1.82, 2.24) is 5.01 Å². The standard InChI is InChI=1S/C10H11F3N2OS/c1-7(9-4-3-8(5-16)17-9)14-15(2)6-10(11,12)13/h3-5H,6H2,1-2H3/b14-7+. The molecule has 0 N–H and O–H groups in total. The van der Waals surface area contributed by atoms with Gasteiger partial charge in [0, 0.05) is 7.05 Å². The first-order valence-corrected chi connectivity index (χ1v) is 5.52. The third-order valence-corrected chi connectivity index (χ3v) is 2.95. The smallest absolute Gasteiger partial charge is 0.297 e. The Balaban J connectivity index is 2.74. The van der Waals surface area contributed by atoms with Crippen LogP contribution in [-0.4, -0.2) is 36.8 Å². The fourth-order valence-electron chi connectivity index (χ4n) is 1.21. The molecule has 0 spiro atoms. The molecule has 1 rings (SSSR count). The number of halogens is 3. The van der Waals surface area contributed by atoms with Crippen LogP contribution < -0.4 is 0 Å². The van der Waals surface area contributed by atoms with Gasteiger partial charge in [0.25, 0.3) is 0 Å². The molecular formula is C10H11F3N2OS. The van der Waals surface area contributed by atoms with Crippen LogP contribution in [0.1, 0.15) is 21.5 Å². The van der Waals surface area contributed by atoms with Crippen LogP contribution in [0.15, 0.2) is 17.2 Å². The second-order valence-corrected chi connectivity index (χ2v) is 4.55. The molecule has 17 heavy (non-hydrogen) atoms. The van der Waals surface area contributed by atoms with Gasteiger partial charge >= 0.3 is 6.18 Å². The molecule has 1 heterocycles. The summed E-state index contributed by atoms with van der Waals surface area (Å²) < 4.78 is 36.2. The zero-order valence-corrected chi connectivity index (χ0v) is 10.1. The number of hydrogen-bond donors (Lipinski definition) is 0. The van der Waals surface area contributed by atoms with E-state index in [1.165, 1.54) is 18.4 Å². The Labute approximate surface area is 101 Å². The Morgan fingerprint density at radius 1 is 1.53 bits per heavy atom. The Hall–Kier alpha value is -1.37. The zero-order valence-electron chi connectivity index (χ0n) is 9.28. The van der Waals surface area contributed by atoms with Crippen LogP contribution in [0.2, 0.25) is 0 Å². The van der Waals surface area contributed by atoms with Gasteiger partial charge in [-0.15, -0.1) is 11.3 Å². The van der Waals surface area contributed by atoms with Crippen LogP contribution in [0.25, 0.3) is 0 Å². The molecule has 0 saturated carbocycles. The van der Waals surface area contributed by atoms with Gasteiger partial charge < -0.3 is 0 Å². The summed E-state index contributed by atoms with van der Waals surface area (Å²) in [5, 5.41) is 4.63. The van der Waals surface area contributed by atoms with E-state index >= 15 is 0 Å². The monoisotopic (exact) mass is 264 g/mol. The van der Waals surface area contributed by atoms with E-state index in [1.807, 2.05) is 0 Å². The van der Waals surface area contributed by atoms with E-state index in [0.717, 1.165) is 5.01 Å². The minimum absolute atomic E-state index is 0.454. The van der Waals surface area contributed by atoms with Gasteiger partial charge in [-0.2, -0.15) is 18.3 Å². The second-order valence-electron chi connectivity index (χ2n) is 3.44. The van der Waals surface area contributed by atoms with Crippen LogP contribution in [0, 0.1) is 0 Å². The number of carbonyl (C=O) groups is 1. The fraction of sp³-hybridized carbons (Fsp3) is 0.400. The predicted molar refractivity (Wildman–Crippen MR) is 60.6 cm³/mol. The van der Waals surface area contributed by atoms with E-state index in [-0.39, 0.29) is 0 Å². The lowest BCUT2D eigenvalue weighted by atomic mass is 10.3. The van der Waals surface area contributed by atoms with Gasteiger partial charge in [-0.1, -0.05) is 0 Å². The lowest BCUT2D eigenvalue weighted by molar-refractivity contribution is -0.142. The maximum atomic E-state index is 12.1. The number of thiophene rings is 1. The first-order chi connectivity index (χ1) is 7.81. The quantitative estimate of drug-likeness (QED) is 0.476. The number of nitrogens with zero attached hydrogens (tertiary/aromatic N) is 2. The number of carbonyl (C=O) groups excluding carboxylic acids is 1. The van der Waals surface area contributed by atoms with E-state index < -0.39 is 12.7 Å². The van der Waals surface area contributed by atoms with Crippen molar-refractivity contribution < 1.29 is 18.0 Å². The molecule has 0 bridgehead atoms. The van der Waals surface area contributed by atoms with Gasteiger partial charge in [0.2, 0.25) is 0 Å². The molecule has 3 nitrogen and oxygen atoms in total. The Bertz CT molecular complexity index is 425. The van der Waals surface area contributed by atoms with Crippen molar-refractivity contribution >= 4 is 23.3 Å². The summed E-state index contributed by atoms with van der Waals surface area (Å²) in [4.78, 5) is 11.7. The Morgan fingerprint density at radius 2 is 2.18 bits per heavy atom. The lowest BCUT2D eigenvalue weighted by Crippen LogP contribution is -2.28. The Kier molecular flexibility index (Phi) is 4.28. The van der Waals surface area contributed by atoms with Crippen molar-refractivity contribution in [2.75, 3.05) is 13.6 Å². The number of aldehydes is 1. The highest BCUT2D eigenvalue weighted by Gasteiger charge is 2.29. The lowest BCUT2D eigenvalue weighted by Gasteiger charge is -2.15. The molecule has 0 radical (unpaired) electrons. The van der Waals surface area contributed by atoms with Gasteiger partial charge in [0.1, 0.15) is 6.54 Å². The van der Waals surface area contributed by atoms with Crippen molar-refractivity contribution in [3.05, 3.63) is 21.9 Å². The third-order valence-electron chi connectivity index (χ3n) is 1.83. The largest absolute Gasteiger partial charge is 0.407 e. The van der Waals surface area contributed by atoms with Gasteiger partial charge in [0.05, 0.1) is 15.5 Å². The predicted octanol–water partition coefficient (Wildman–Crippen LogP) is 2.78. The van der Waals surface area contributed by atoms with Crippen LogP contribution in [0.4, 0.5) is 13.2 Å². The maximum absolute atomic E-state index is 12.1. The molecule has 0 aliphatic rings. The molecule has 1 aromatic rings. The number of hydrazone groups is 1. The summed E-state index contributed by atoms with van der Waals surface area (Å²) in [6.07, 6.45) is -3.58. The normalized spacial score (nSPS) is 12.6. The zero-order chi connectivity index (χ0) is 13.1. The van der Waals surface area contributed by atoms with Crippen molar-refractivity contribution in [2.24, 2.45) is 5.10 Å². The fourth-order valence-corrected chi connectivity index (χ4v) is 1.97. The first kappa shape index (κ1) is 13.7. The minimum atomic E-state index is -4.28. The first-order valence-electron chi connectivity index (χ1n) is 4.70. The number of rotatable bonds is 4. The highest BCUT2D eigenvalue weighted by Crippen LogP contribution is 2.18. The summed E-state index contributed by atoms with van der Waals surface area (Å²) in [7, 11) is 1.26. The molecule has 0 saturated heterocycles. The van der Waals surface area contributed by atoms with E-state index in [0.29, 0.717) is 21.8 Å². The number of hydrogen-bond acceptors (Lipinski definition) is 4. The molecule has 0 aliphatic carbocycles. The molecule has 1 aromatic heterocycles. The molecule has 94 valence electrons. The van der Waals surface area contributed by atoms with E-state index in [9.17, 15) is 18.0 Å². The molecule has 0 unspecified atom stereocenters. The topological polar surface area (TPSA) is 32.7 Å². The van der Waals surface area contributed by atoms with Crippen LogP contribution in [0.5, 0.6) is 0 Å².